The summed E-state index contributed by atoms with van der Waals surface area (Å²) in [4.78, 5) is 0. The molecule has 0 fully saturated rings. The summed E-state index contributed by atoms with van der Waals surface area (Å²) in [6.07, 6.45) is 11.8. The Labute approximate surface area is 72.0 Å². The van der Waals surface area contributed by atoms with E-state index in [9.17, 15) is 0 Å². The predicted molar refractivity (Wildman–Crippen MR) is 54.8 cm³/mol. The van der Waals surface area contributed by atoms with Crippen LogP contribution in [-0.4, -0.2) is 0 Å². The fourth-order valence-electron chi connectivity index (χ4n) is 1.08. The van der Waals surface area contributed by atoms with Crippen LogP contribution < -0.4 is 0 Å². The Balaban J connectivity index is 0. The van der Waals surface area contributed by atoms with Crippen LogP contribution in [0.5, 0.6) is 0 Å². The number of rotatable bonds is 3. The van der Waals surface area contributed by atoms with Crippen molar-refractivity contribution in [1.29, 1.82) is 0 Å². The minimum atomic E-state index is 0. The van der Waals surface area contributed by atoms with Gasteiger partial charge in [0.2, 0.25) is 0 Å². The Morgan fingerprint density at radius 2 is 2.09 bits per heavy atom. The van der Waals surface area contributed by atoms with Crippen LogP contribution in [0.25, 0.3) is 0 Å². The maximum atomic E-state index is 2.25. The summed E-state index contributed by atoms with van der Waals surface area (Å²) in [5.74, 6) is 0. The van der Waals surface area contributed by atoms with Crippen molar-refractivity contribution in [3.8, 4) is 0 Å². The fraction of sp³-hybridized carbons (Fsp3) is 0.636. The van der Waals surface area contributed by atoms with E-state index in [1.807, 2.05) is 0 Å². The van der Waals surface area contributed by atoms with Crippen LogP contribution in [-0.2, 0) is 0 Å². The van der Waals surface area contributed by atoms with Crippen LogP contribution in [0, 0.1) is 0 Å². The van der Waals surface area contributed by atoms with Gasteiger partial charge in [0.1, 0.15) is 0 Å². The van der Waals surface area contributed by atoms with Gasteiger partial charge in [-0.15, -0.1) is 0 Å². The SMILES string of the molecule is C.C.CCCCC1=CC=CC1. The van der Waals surface area contributed by atoms with Crippen LogP contribution in [0.15, 0.2) is 23.8 Å². The van der Waals surface area contributed by atoms with Gasteiger partial charge in [-0.25, -0.2) is 0 Å². The smallest absolute Gasteiger partial charge is 0.0133 e. The fourth-order valence-corrected chi connectivity index (χ4v) is 1.08. The molecule has 1 rings (SSSR count). The highest BCUT2D eigenvalue weighted by molar-refractivity contribution is 5.22. The van der Waals surface area contributed by atoms with Crippen molar-refractivity contribution in [2.45, 2.75) is 47.5 Å². The van der Waals surface area contributed by atoms with E-state index in [-0.39, 0.29) is 14.9 Å². The first-order chi connectivity index (χ1) is 4.43. The Kier molecular flexibility index (Phi) is 9.03. The molecule has 1 aliphatic rings. The van der Waals surface area contributed by atoms with Gasteiger partial charge in [0.25, 0.3) is 0 Å². The molecule has 0 aromatic carbocycles. The van der Waals surface area contributed by atoms with Gasteiger partial charge in [-0.2, -0.15) is 0 Å². The predicted octanol–water partition coefficient (Wildman–Crippen LogP) is 4.34. The average molecular weight is 154 g/mol. The van der Waals surface area contributed by atoms with Crippen molar-refractivity contribution < 1.29 is 0 Å². The first-order valence-corrected chi connectivity index (χ1v) is 3.78. The summed E-state index contributed by atoms with van der Waals surface area (Å²) < 4.78 is 0. The molecule has 0 heterocycles. The first kappa shape index (κ1) is 13.1. The number of hydrogen-bond donors (Lipinski definition) is 0. The Morgan fingerprint density at radius 1 is 1.36 bits per heavy atom. The molecule has 0 saturated heterocycles. The van der Waals surface area contributed by atoms with Crippen molar-refractivity contribution in [3.63, 3.8) is 0 Å². The molecule has 0 atom stereocenters. The molecule has 0 saturated carbocycles. The van der Waals surface area contributed by atoms with Gasteiger partial charge >= 0.3 is 0 Å². The zero-order valence-corrected chi connectivity index (χ0v) is 6.06. The van der Waals surface area contributed by atoms with Crippen LogP contribution in [0.4, 0.5) is 0 Å². The molecule has 0 aromatic rings. The highest BCUT2D eigenvalue weighted by Crippen LogP contribution is 2.16. The van der Waals surface area contributed by atoms with Gasteiger partial charge in [-0.3, -0.25) is 0 Å². The Bertz CT molecular complexity index is 129. The first-order valence-electron chi connectivity index (χ1n) is 3.78. The normalized spacial score (nSPS) is 13.4. The summed E-state index contributed by atoms with van der Waals surface area (Å²) >= 11 is 0. The maximum absolute atomic E-state index is 2.25. The van der Waals surface area contributed by atoms with Crippen molar-refractivity contribution in [2.75, 3.05) is 0 Å². The molecule has 0 N–H and O–H groups in total. The van der Waals surface area contributed by atoms with Crippen molar-refractivity contribution in [2.24, 2.45) is 0 Å². The number of hydrogen-bond acceptors (Lipinski definition) is 0. The number of allylic oxidation sites excluding steroid dienone is 4. The van der Waals surface area contributed by atoms with Crippen molar-refractivity contribution >= 4 is 0 Å². The third-order valence-electron chi connectivity index (χ3n) is 1.70. The quantitative estimate of drug-likeness (QED) is 0.567. The topological polar surface area (TPSA) is 0 Å². The molecule has 0 nitrogen and oxygen atoms in total. The average Bonchev–Trinajstić information content (AvgIpc) is 2.34. The molecule has 0 aliphatic heterocycles. The Hall–Kier alpha value is -0.520. The van der Waals surface area contributed by atoms with E-state index < -0.39 is 0 Å². The summed E-state index contributed by atoms with van der Waals surface area (Å²) in [7, 11) is 0. The van der Waals surface area contributed by atoms with E-state index in [0.717, 1.165) is 0 Å². The third-order valence-corrected chi connectivity index (χ3v) is 1.70. The van der Waals surface area contributed by atoms with Crippen LogP contribution >= 0.6 is 0 Å². The highest BCUT2D eigenvalue weighted by atomic mass is 14.0. The minimum Gasteiger partial charge on any atom is -0.0805 e. The van der Waals surface area contributed by atoms with Gasteiger partial charge in [0.05, 0.1) is 0 Å². The molecule has 0 bridgehead atoms. The standard InChI is InChI=1S/C9H14.2CH4/c1-2-3-6-9-7-4-5-8-9;;/h4-5,7H,2-3,6,8H2,1H3;2*1H4. The monoisotopic (exact) mass is 154 g/mol. The lowest BCUT2D eigenvalue weighted by Crippen LogP contribution is -1.77. The van der Waals surface area contributed by atoms with Crippen LogP contribution in [0.1, 0.15) is 47.5 Å². The van der Waals surface area contributed by atoms with Crippen molar-refractivity contribution in [3.05, 3.63) is 23.8 Å². The molecule has 0 radical (unpaired) electrons. The summed E-state index contributed by atoms with van der Waals surface area (Å²) in [5.41, 5.74) is 1.61. The number of unbranched alkanes of at least 4 members (excludes halogenated alkanes) is 1. The molecule has 0 unspecified atom stereocenters. The van der Waals surface area contributed by atoms with Gasteiger partial charge < -0.3 is 0 Å². The zero-order chi connectivity index (χ0) is 6.53. The zero-order valence-electron chi connectivity index (χ0n) is 6.06. The maximum Gasteiger partial charge on any atom is -0.0133 e. The third kappa shape index (κ3) is 4.83. The van der Waals surface area contributed by atoms with E-state index in [4.69, 9.17) is 0 Å². The second-order valence-corrected chi connectivity index (χ2v) is 2.56. The van der Waals surface area contributed by atoms with E-state index in [1.165, 1.54) is 25.7 Å². The van der Waals surface area contributed by atoms with Gasteiger partial charge in [0, 0.05) is 0 Å². The molecule has 1 aliphatic carbocycles. The molecule has 0 spiro atoms. The highest BCUT2D eigenvalue weighted by Gasteiger charge is 1.96. The second kappa shape index (κ2) is 7.59. The largest absolute Gasteiger partial charge is 0.0805 e. The minimum absolute atomic E-state index is 0. The molecule has 11 heavy (non-hydrogen) atoms. The van der Waals surface area contributed by atoms with Crippen LogP contribution in [0.2, 0.25) is 0 Å². The second-order valence-electron chi connectivity index (χ2n) is 2.56. The van der Waals surface area contributed by atoms with E-state index in [0.29, 0.717) is 0 Å². The summed E-state index contributed by atoms with van der Waals surface area (Å²) in [6.45, 7) is 2.24. The molecular weight excluding hydrogens is 132 g/mol. The summed E-state index contributed by atoms with van der Waals surface area (Å²) in [6, 6.07) is 0. The lowest BCUT2D eigenvalue weighted by molar-refractivity contribution is 0.779. The molecule has 66 valence electrons. The lowest BCUT2D eigenvalue weighted by Gasteiger charge is -1.96. The van der Waals surface area contributed by atoms with Crippen molar-refractivity contribution in [1.82, 2.24) is 0 Å². The van der Waals surface area contributed by atoms with E-state index >= 15 is 0 Å². The van der Waals surface area contributed by atoms with E-state index in [2.05, 4.69) is 25.2 Å². The molecule has 0 amide bonds. The Morgan fingerprint density at radius 3 is 2.55 bits per heavy atom. The lowest BCUT2D eigenvalue weighted by atomic mass is 10.1. The molecule has 0 heteroatoms. The summed E-state index contributed by atoms with van der Waals surface area (Å²) in [5, 5.41) is 0. The van der Waals surface area contributed by atoms with Gasteiger partial charge in [-0.1, -0.05) is 52.0 Å². The van der Waals surface area contributed by atoms with Gasteiger partial charge in [0.15, 0.2) is 0 Å². The molecular formula is C11H22. The van der Waals surface area contributed by atoms with E-state index in [1.54, 1.807) is 5.57 Å². The van der Waals surface area contributed by atoms with Crippen LogP contribution in [0.3, 0.4) is 0 Å². The molecule has 0 aromatic heterocycles. The van der Waals surface area contributed by atoms with Gasteiger partial charge in [-0.05, 0) is 19.3 Å².